The van der Waals surface area contributed by atoms with Crippen molar-refractivity contribution in [3.8, 4) is 0 Å². The van der Waals surface area contributed by atoms with Crippen LogP contribution in [0.5, 0.6) is 0 Å². The van der Waals surface area contributed by atoms with Crippen LogP contribution in [0.15, 0.2) is 97.2 Å². The lowest BCUT2D eigenvalue weighted by atomic mass is 9.99. The lowest BCUT2D eigenvalue weighted by Gasteiger charge is -2.41. The van der Waals surface area contributed by atoms with Gasteiger partial charge in [0.05, 0.1) is 25.4 Å². The van der Waals surface area contributed by atoms with Gasteiger partial charge in [-0.05, 0) is 103 Å². The minimum Gasteiger partial charge on any atom is -0.454 e. The zero-order valence-corrected chi connectivity index (χ0v) is 50.9. The maximum atomic E-state index is 13.4. The summed E-state index contributed by atoms with van der Waals surface area (Å²) >= 11 is 0. The quantitative estimate of drug-likeness (QED) is 0.0195. The monoisotopic (exact) mass is 1120 g/mol. The van der Waals surface area contributed by atoms with Crippen LogP contribution in [0.25, 0.3) is 0 Å². The first-order chi connectivity index (χ1) is 39.2. The molecule has 1 rings (SSSR count). The van der Waals surface area contributed by atoms with Gasteiger partial charge in [0, 0.05) is 6.42 Å². The molecule has 0 aromatic rings. The molecule has 1 fully saturated rings. The fourth-order valence-electron chi connectivity index (χ4n) is 9.53. The Kier molecular flexibility index (Phi) is 52.3. The molecule has 1 amide bonds. The third-order valence-electron chi connectivity index (χ3n) is 14.7. The predicted octanol–water partition coefficient (Wildman–Crippen LogP) is 15.9. The van der Waals surface area contributed by atoms with Crippen LogP contribution in [0.1, 0.15) is 265 Å². The molecule has 0 aliphatic carbocycles. The number of amides is 1. The molecule has 0 spiro atoms. The van der Waals surface area contributed by atoms with Crippen LogP contribution in [0.4, 0.5) is 0 Å². The number of hydrogen-bond acceptors (Lipinski definition) is 10. The molecular formula is C69H119NO10. The third kappa shape index (κ3) is 43.3. The van der Waals surface area contributed by atoms with Crippen LogP contribution < -0.4 is 5.32 Å². The Labute approximate surface area is 488 Å². The average molecular weight is 1120 g/mol. The first kappa shape index (κ1) is 74.6. The normalized spacial score (nSPS) is 19.4. The summed E-state index contributed by atoms with van der Waals surface area (Å²) < 4.78 is 17.6. The Morgan fingerprint density at radius 3 is 1.31 bits per heavy atom. The molecule has 0 aromatic carbocycles. The van der Waals surface area contributed by atoms with Gasteiger partial charge in [-0.15, -0.1) is 0 Å². The van der Waals surface area contributed by atoms with Crippen LogP contribution in [-0.4, -0.2) is 99.6 Å². The number of rotatable bonds is 54. The van der Waals surface area contributed by atoms with E-state index in [1.807, 2.05) is 18.2 Å². The van der Waals surface area contributed by atoms with E-state index in [2.05, 4.69) is 99.0 Å². The van der Waals surface area contributed by atoms with E-state index in [4.69, 9.17) is 14.2 Å². The molecule has 1 saturated heterocycles. The molecule has 8 atom stereocenters. The summed E-state index contributed by atoms with van der Waals surface area (Å²) in [6.07, 6.45) is 64.5. The second-order valence-electron chi connectivity index (χ2n) is 22.1. The Hall–Kier alpha value is -3.42. The van der Waals surface area contributed by atoms with Crippen molar-refractivity contribution in [3.05, 3.63) is 97.2 Å². The molecule has 1 heterocycles. The highest BCUT2D eigenvalue weighted by Gasteiger charge is 2.47. The van der Waals surface area contributed by atoms with Gasteiger partial charge >= 0.3 is 5.97 Å². The third-order valence-corrected chi connectivity index (χ3v) is 14.7. The summed E-state index contributed by atoms with van der Waals surface area (Å²) in [5.41, 5.74) is 0. The van der Waals surface area contributed by atoms with Crippen molar-refractivity contribution in [2.75, 3.05) is 13.2 Å². The van der Waals surface area contributed by atoms with Gasteiger partial charge < -0.3 is 45.1 Å². The van der Waals surface area contributed by atoms with Crippen molar-refractivity contribution in [1.29, 1.82) is 0 Å². The first-order valence-corrected chi connectivity index (χ1v) is 32.5. The minimum atomic E-state index is -1.63. The molecule has 1 aliphatic rings. The van der Waals surface area contributed by atoms with Gasteiger partial charge in [0.25, 0.3) is 0 Å². The Morgan fingerprint density at radius 2 is 0.863 bits per heavy atom. The number of hydrogen-bond donors (Lipinski definition) is 6. The Balaban J connectivity index is 2.67. The van der Waals surface area contributed by atoms with Gasteiger partial charge in [0.15, 0.2) is 12.4 Å². The first-order valence-electron chi connectivity index (χ1n) is 32.5. The number of allylic oxidation sites excluding steroid dienone is 15. The largest absolute Gasteiger partial charge is 0.454 e. The van der Waals surface area contributed by atoms with Crippen molar-refractivity contribution in [2.45, 2.75) is 314 Å². The second kappa shape index (κ2) is 56.1. The number of nitrogens with one attached hydrogen (secondary N) is 1. The fourth-order valence-corrected chi connectivity index (χ4v) is 9.53. The van der Waals surface area contributed by atoms with Crippen molar-refractivity contribution in [1.82, 2.24) is 5.32 Å². The van der Waals surface area contributed by atoms with Crippen LogP contribution in [0.3, 0.4) is 0 Å². The average Bonchev–Trinajstić information content (AvgIpc) is 3.46. The van der Waals surface area contributed by atoms with Gasteiger partial charge in [0.1, 0.15) is 24.4 Å². The Morgan fingerprint density at radius 1 is 0.487 bits per heavy atom. The molecular weight excluding hydrogens is 1000 g/mol. The summed E-state index contributed by atoms with van der Waals surface area (Å²) in [6, 6.07) is -1.06. The summed E-state index contributed by atoms with van der Waals surface area (Å²) in [7, 11) is 0. The summed E-state index contributed by atoms with van der Waals surface area (Å²) in [5, 5.41) is 57.0. The zero-order chi connectivity index (χ0) is 58.2. The van der Waals surface area contributed by atoms with Crippen molar-refractivity contribution >= 4 is 11.9 Å². The SMILES string of the molecule is CCCCC/C=C\C/C=C\C/C=C\C/C=C\CCC(O)C(=O)NC(COC1OC(CO)C(O)C(O)C1OC(=O)CCCCCCCCCCCC/C=C\C/C=C\C/C=C\CCCCC)C(O)/C=C/CCCCCCCCCCCC. The van der Waals surface area contributed by atoms with Crippen molar-refractivity contribution in [3.63, 3.8) is 0 Å². The van der Waals surface area contributed by atoms with E-state index in [1.54, 1.807) is 6.08 Å². The van der Waals surface area contributed by atoms with Crippen LogP contribution in [0.2, 0.25) is 0 Å². The fraction of sp³-hybridized carbons (Fsp3) is 0.739. The van der Waals surface area contributed by atoms with Gasteiger partial charge in [-0.1, -0.05) is 253 Å². The van der Waals surface area contributed by atoms with Gasteiger partial charge in [-0.25, -0.2) is 0 Å². The number of carbonyl (C=O) groups excluding carboxylic acids is 2. The lowest BCUT2D eigenvalue weighted by Crippen LogP contribution is -2.61. The molecule has 80 heavy (non-hydrogen) atoms. The van der Waals surface area contributed by atoms with E-state index in [0.717, 1.165) is 96.3 Å². The smallest absolute Gasteiger partial charge is 0.306 e. The molecule has 11 heteroatoms. The number of esters is 1. The second-order valence-corrected chi connectivity index (χ2v) is 22.1. The van der Waals surface area contributed by atoms with Gasteiger partial charge in [-0.3, -0.25) is 9.59 Å². The number of aliphatic hydroxyl groups is 5. The summed E-state index contributed by atoms with van der Waals surface area (Å²) in [5.74, 6) is -1.26. The van der Waals surface area contributed by atoms with Gasteiger partial charge in [0.2, 0.25) is 5.91 Å². The lowest BCUT2D eigenvalue weighted by molar-refractivity contribution is -0.305. The maximum Gasteiger partial charge on any atom is 0.306 e. The Bertz CT molecular complexity index is 1670. The number of carbonyl (C=O) groups is 2. The molecule has 0 radical (unpaired) electrons. The van der Waals surface area contributed by atoms with Gasteiger partial charge in [-0.2, -0.15) is 0 Å². The van der Waals surface area contributed by atoms with E-state index in [9.17, 15) is 35.1 Å². The predicted molar refractivity (Wildman–Crippen MR) is 333 cm³/mol. The molecule has 0 saturated carbocycles. The van der Waals surface area contributed by atoms with Crippen LogP contribution >= 0.6 is 0 Å². The molecule has 1 aliphatic heterocycles. The van der Waals surface area contributed by atoms with Crippen LogP contribution in [-0.2, 0) is 23.8 Å². The van der Waals surface area contributed by atoms with Crippen molar-refractivity contribution < 1.29 is 49.3 Å². The molecule has 460 valence electrons. The van der Waals surface area contributed by atoms with E-state index in [1.165, 1.54) is 122 Å². The molecule has 6 N–H and O–H groups in total. The van der Waals surface area contributed by atoms with Crippen molar-refractivity contribution in [2.24, 2.45) is 0 Å². The highest BCUT2D eigenvalue weighted by Crippen LogP contribution is 2.26. The van der Waals surface area contributed by atoms with E-state index in [0.29, 0.717) is 12.8 Å². The zero-order valence-electron chi connectivity index (χ0n) is 50.9. The standard InChI is InChI=1S/C69H119NO10/c1-4-7-10-13-16-19-22-25-27-29-30-31-32-33-34-35-37-39-42-45-48-51-54-57-64(74)80-67-66(76)65(75)63(58-71)79-69(67)78-59-60(61(72)55-52-49-46-43-40-24-21-18-15-12-9-6-3)70-68(77)62(73)56-53-50-47-44-41-38-36-28-26-23-20-17-14-11-8-5-2/h16-17,19-20,25-28,30-31,38,41,47,50,52,55,60-63,65-67,69,71-73,75-76H,4-15,18,21-24,29,32-37,39-40,42-46,48-49,51,53-54,56-59H2,1-3H3,(H,70,77)/b19-16-,20-17-,27-25-,28-26-,31-30-,41-38-,50-47-,55-52+. The number of unbranched alkanes of at least 4 members (excludes halogenated alkanes) is 26. The maximum absolute atomic E-state index is 13.4. The molecule has 11 nitrogen and oxygen atoms in total. The number of ether oxygens (including phenoxy) is 3. The highest BCUT2D eigenvalue weighted by atomic mass is 16.7. The number of aliphatic hydroxyl groups excluding tert-OH is 5. The van der Waals surface area contributed by atoms with Crippen LogP contribution in [0, 0.1) is 0 Å². The molecule has 0 aromatic heterocycles. The summed E-state index contributed by atoms with van der Waals surface area (Å²) in [6.45, 7) is 5.70. The van der Waals surface area contributed by atoms with E-state index in [-0.39, 0.29) is 19.4 Å². The van der Waals surface area contributed by atoms with E-state index >= 15 is 0 Å². The van der Waals surface area contributed by atoms with E-state index < -0.39 is 67.4 Å². The highest BCUT2D eigenvalue weighted by molar-refractivity contribution is 5.80. The molecule has 0 bridgehead atoms. The topological polar surface area (TPSA) is 175 Å². The molecule has 8 unspecified atom stereocenters. The minimum absolute atomic E-state index is 0.108. The summed E-state index contributed by atoms with van der Waals surface area (Å²) in [4.78, 5) is 26.6.